The maximum absolute atomic E-state index is 13.5. The Kier molecular flexibility index (Phi) is 60.1. The highest BCUT2D eigenvalue weighted by molar-refractivity contribution is 5.76. The van der Waals surface area contributed by atoms with Gasteiger partial charge in [0.15, 0.2) is 18.9 Å². The Balaban J connectivity index is 1.30. The van der Waals surface area contributed by atoms with Gasteiger partial charge in [-0.3, -0.25) is 4.79 Å². The van der Waals surface area contributed by atoms with Crippen molar-refractivity contribution in [3.05, 3.63) is 85.1 Å². The van der Waals surface area contributed by atoms with E-state index in [0.29, 0.717) is 6.42 Å². The zero-order valence-corrected chi connectivity index (χ0v) is 65.4. The van der Waals surface area contributed by atoms with E-state index in [2.05, 4.69) is 92.1 Å². The lowest BCUT2D eigenvalue weighted by Crippen LogP contribution is -2.66. The fourth-order valence-corrected chi connectivity index (χ4v) is 14.0. The van der Waals surface area contributed by atoms with Crippen LogP contribution in [0.15, 0.2) is 85.1 Å². The Bertz CT molecular complexity index is 2230. The lowest BCUT2D eigenvalue weighted by atomic mass is 9.96. The number of carbonyl (C=O) groups is 1. The van der Waals surface area contributed by atoms with Gasteiger partial charge in [-0.05, 0) is 70.6 Å². The quantitative estimate of drug-likeness (QED) is 0.0199. The average Bonchev–Trinajstić information content (AvgIpc) is 0.781. The van der Waals surface area contributed by atoms with Crippen molar-refractivity contribution in [1.82, 2.24) is 5.32 Å². The summed E-state index contributed by atoms with van der Waals surface area (Å²) in [5.74, 6) is -0.271. The highest BCUT2D eigenvalue weighted by Crippen LogP contribution is 2.33. The van der Waals surface area contributed by atoms with Crippen molar-refractivity contribution in [2.24, 2.45) is 0 Å². The smallest absolute Gasteiger partial charge is 0.220 e. The van der Waals surface area contributed by atoms with Crippen LogP contribution in [0, 0.1) is 0 Å². The minimum absolute atomic E-state index is 0.244. The summed E-state index contributed by atoms with van der Waals surface area (Å²) in [6.07, 6.45) is 61.5. The minimum atomic E-state index is -1.98. The molecule has 17 atom stereocenters. The maximum Gasteiger partial charge on any atom is 0.220 e. The molecular formula is C86H153NO18. The first-order valence-corrected chi connectivity index (χ1v) is 42.3. The third kappa shape index (κ3) is 45.2. The second-order valence-electron chi connectivity index (χ2n) is 29.9. The van der Waals surface area contributed by atoms with Crippen LogP contribution in [0.2, 0.25) is 0 Å². The predicted octanol–water partition coefficient (Wildman–Crippen LogP) is 15.0. The molecule has 3 aliphatic rings. The van der Waals surface area contributed by atoms with Crippen molar-refractivity contribution >= 4 is 5.91 Å². The van der Waals surface area contributed by atoms with Gasteiger partial charge >= 0.3 is 0 Å². The number of rotatable bonds is 67. The Hall–Kier alpha value is -3.03. The molecule has 3 heterocycles. The molecule has 17 unspecified atom stereocenters. The van der Waals surface area contributed by atoms with Crippen LogP contribution in [0.1, 0.15) is 322 Å². The largest absolute Gasteiger partial charge is 0.394 e. The monoisotopic (exact) mass is 1490 g/mol. The first-order valence-electron chi connectivity index (χ1n) is 42.3. The van der Waals surface area contributed by atoms with Gasteiger partial charge in [0.1, 0.15) is 73.2 Å². The van der Waals surface area contributed by atoms with Gasteiger partial charge in [-0.2, -0.15) is 0 Å². The van der Waals surface area contributed by atoms with Gasteiger partial charge < -0.3 is 89.9 Å². The molecule has 0 bridgehead atoms. The molecule has 12 N–H and O–H groups in total. The minimum Gasteiger partial charge on any atom is -0.394 e. The van der Waals surface area contributed by atoms with Crippen molar-refractivity contribution in [3.63, 3.8) is 0 Å². The van der Waals surface area contributed by atoms with Gasteiger partial charge in [-0.25, -0.2) is 0 Å². The van der Waals surface area contributed by atoms with Gasteiger partial charge in [0.2, 0.25) is 5.91 Å². The Morgan fingerprint density at radius 1 is 0.352 bits per heavy atom. The number of carbonyl (C=O) groups excluding carboxylic acids is 1. The third-order valence-electron chi connectivity index (χ3n) is 20.7. The van der Waals surface area contributed by atoms with Gasteiger partial charge in [0.05, 0.1) is 38.6 Å². The molecule has 610 valence electrons. The van der Waals surface area contributed by atoms with E-state index in [1.807, 2.05) is 6.08 Å². The SMILES string of the molecule is CC/C=C\C/C=C\C/C=C\C/C=C\C/C=C\C/C=C\CCCCCCCCCCCCCCCCCCCCCCCCC(=O)NC(COC1OC(CO)C(OC2OC(CO)C(OC3OC(CO)C(O)C(O)C3O)C(O)C2O)C(O)C1O)C(O)/C=C/CCCCCCCCCCCCCCCCCCC. The first-order chi connectivity index (χ1) is 51.3. The first kappa shape index (κ1) is 96.2. The van der Waals surface area contributed by atoms with Gasteiger partial charge in [-0.15, -0.1) is 0 Å². The van der Waals surface area contributed by atoms with E-state index in [-0.39, 0.29) is 18.9 Å². The van der Waals surface area contributed by atoms with Crippen LogP contribution in [0.5, 0.6) is 0 Å². The summed E-state index contributed by atoms with van der Waals surface area (Å²) in [7, 11) is 0. The van der Waals surface area contributed by atoms with Crippen molar-refractivity contribution in [1.29, 1.82) is 0 Å². The number of nitrogens with one attached hydrogen (secondary N) is 1. The van der Waals surface area contributed by atoms with Crippen LogP contribution in [0.4, 0.5) is 0 Å². The molecule has 1 amide bonds. The number of allylic oxidation sites excluding steroid dienone is 13. The van der Waals surface area contributed by atoms with Crippen LogP contribution in [-0.4, -0.2) is 193 Å². The summed E-state index contributed by atoms with van der Waals surface area (Å²) in [4.78, 5) is 13.5. The molecule has 0 aromatic rings. The van der Waals surface area contributed by atoms with Crippen molar-refractivity contribution in [2.45, 2.75) is 426 Å². The van der Waals surface area contributed by atoms with Crippen molar-refractivity contribution in [2.75, 3.05) is 26.4 Å². The van der Waals surface area contributed by atoms with E-state index in [9.17, 15) is 61.0 Å². The summed E-state index contributed by atoms with van der Waals surface area (Å²) in [5, 5.41) is 121. The van der Waals surface area contributed by atoms with E-state index in [4.69, 9.17) is 28.4 Å². The fraction of sp³-hybridized carbons (Fsp3) is 0.826. The summed E-state index contributed by atoms with van der Waals surface area (Å²) in [6, 6.07) is -0.975. The lowest BCUT2D eigenvalue weighted by molar-refractivity contribution is -0.379. The van der Waals surface area contributed by atoms with Gasteiger partial charge in [0.25, 0.3) is 0 Å². The third-order valence-corrected chi connectivity index (χ3v) is 20.7. The van der Waals surface area contributed by atoms with Crippen LogP contribution >= 0.6 is 0 Å². The number of aliphatic hydroxyl groups is 11. The van der Waals surface area contributed by atoms with Crippen LogP contribution in [0.25, 0.3) is 0 Å². The molecule has 105 heavy (non-hydrogen) atoms. The average molecular weight is 1490 g/mol. The summed E-state index contributed by atoms with van der Waals surface area (Å²) in [6.45, 7) is 1.65. The van der Waals surface area contributed by atoms with Crippen molar-refractivity contribution in [3.8, 4) is 0 Å². The Morgan fingerprint density at radius 3 is 1.03 bits per heavy atom. The van der Waals surface area contributed by atoms with Gasteiger partial charge in [0, 0.05) is 6.42 Å². The topological polar surface area (TPSA) is 307 Å². The Labute approximate surface area is 635 Å². The number of hydrogen-bond acceptors (Lipinski definition) is 18. The molecule has 0 spiro atoms. The van der Waals surface area contributed by atoms with E-state index < -0.39 is 124 Å². The van der Waals surface area contributed by atoms with Crippen molar-refractivity contribution < 1.29 is 89.4 Å². The molecule has 0 aromatic carbocycles. The molecule has 19 nitrogen and oxygen atoms in total. The van der Waals surface area contributed by atoms with Crippen LogP contribution < -0.4 is 5.32 Å². The second-order valence-corrected chi connectivity index (χ2v) is 29.9. The predicted molar refractivity (Wildman–Crippen MR) is 420 cm³/mol. The number of unbranched alkanes of at least 4 members (excludes halogenated alkanes) is 39. The molecule has 0 aliphatic carbocycles. The normalized spacial score (nSPS) is 26.2. The number of ether oxygens (including phenoxy) is 6. The molecule has 19 heteroatoms. The van der Waals surface area contributed by atoms with E-state index in [0.717, 1.165) is 83.5 Å². The molecule has 3 rings (SSSR count). The Morgan fingerprint density at radius 2 is 0.657 bits per heavy atom. The standard InChI is InChI=1S/C86H153NO18/c1-3-5-7-9-11-13-15-17-19-21-23-24-25-26-27-28-29-30-31-32-33-34-35-36-37-38-39-40-41-42-43-44-46-48-50-52-54-56-58-60-62-64-74(92)87-69(70(91)63-61-59-57-55-53-51-49-47-45-22-20-18-16-14-12-10-8-6-4-2)68-100-84-80(98)77(95)82(72(66-89)102-84)105-86-81(99)78(96)83(73(67-90)103-86)104-85-79(97)76(94)75(93)71(65-88)101-85/h5,7,11,13,17,19,23-24,26-27,29-30,61,63,69-73,75-86,88-91,93-99H,3-4,6,8-10,12,14-16,18,20-22,25,28,31-60,62,64-68H2,1-2H3,(H,87,92)/b7-5-,13-11-,19-17-,24-23-,27-26-,30-29-,63-61+. The second kappa shape index (κ2) is 65.7. The summed E-state index contributed by atoms with van der Waals surface area (Å²) in [5.41, 5.74) is 0. The molecule has 3 fully saturated rings. The molecule has 0 radical (unpaired) electrons. The molecule has 3 aliphatic heterocycles. The van der Waals surface area contributed by atoms with Crippen LogP contribution in [0.3, 0.4) is 0 Å². The number of amides is 1. The van der Waals surface area contributed by atoms with E-state index in [1.54, 1.807) is 6.08 Å². The fourth-order valence-electron chi connectivity index (χ4n) is 14.0. The highest BCUT2D eigenvalue weighted by atomic mass is 16.8. The summed E-state index contributed by atoms with van der Waals surface area (Å²) >= 11 is 0. The van der Waals surface area contributed by atoms with Gasteiger partial charge in [-0.1, -0.05) is 330 Å². The molecule has 0 saturated carbocycles. The highest BCUT2D eigenvalue weighted by Gasteiger charge is 2.54. The molecular weight excluding hydrogens is 1330 g/mol. The number of hydrogen-bond donors (Lipinski definition) is 12. The molecule has 0 aromatic heterocycles. The van der Waals surface area contributed by atoms with Crippen LogP contribution in [-0.2, 0) is 33.2 Å². The van der Waals surface area contributed by atoms with E-state index in [1.165, 1.54) is 212 Å². The molecule has 3 saturated heterocycles. The number of aliphatic hydroxyl groups excluding tert-OH is 11. The maximum atomic E-state index is 13.5. The van der Waals surface area contributed by atoms with E-state index >= 15 is 0 Å². The zero-order chi connectivity index (χ0) is 76.0. The zero-order valence-electron chi connectivity index (χ0n) is 65.4. The lowest BCUT2D eigenvalue weighted by Gasteiger charge is -2.48. The summed E-state index contributed by atoms with van der Waals surface area (Å²) < 4.78 is 34.5.